The van der Waals surface area contributed by atoms with Crippen molar-refractivity contribution in [3.8, 4) is 0 Å². The number of hydrogen-bond donors (Lipinski definition) is 1. The summed E-state index contributed by atoms with van der Waals surface area (Å²) in [5.41, 5.74) is 8.24. The van der Waals surface area contributed by atoms with Gasteiger partial charge in [-0.3, -0.25) is 0 Å². The Labute approximate surface area is 112 Å². The van der Waals surface area contributed by atoms with Gasteiger partial charge in [0.05, 0.1) is 12.2 Å². The molecule has 0 bridgehead atoms. The van der Waals surface area contributed by atoms with Gasteiger partial charge < -0.3 is 10.5 Å². The predicted molar refractivity (Wildman–Crippen MR) is 71.3 cm³/mol. The molecule has 2 N–H and O–H groups in total. The number of rotatable bonds is 3. The van der Waals surface area contributed by atoms with E-state index >= 15 is 0 Å². The van der Waals surface area contributed by atoms with E-state index in [1.165, 1.54) is 0 Å². The summed E-state index contributed by atoms with van der Waals surface area (Å²) in [5, 5.41) is 0.686. The summed E-state index contributed by atoms with van der Waals surface area (Å²) in [6, 6.07) is 7.53. The highest BCUT2D eigenvalue weighted by Gasteiger charge is 2.31. The number of carbonyl (C=O) groups excluding carboxylic acids is 1. The fourth-order valence-corrected chi connectivity index (χ4v) is 2.44. The summed E-state index contributed by atoms with van der Waals surface area (Å²) < 4.78 is 5.07. The van der Waals surface area contributed by atoms with E-state index in [1.807, 2.05) is 24.3 Å². The lowest BCUT2D eigenvalue weighted by molar-refractivity contribution is -0.138. The van der Waals surface area contributed by atoms with Crippen LogP contribution in [0.15, 0.2) is 35.5 Å². The zero-order valence-electron chi connectivity index (χ0n) is 10.3. The van der Waals surface area contributed by atoms with Gasteiger partial charge in [-0.15, -0.1) is 0 Å². The standard InChI is InChI=1S/C14H16ClNO2/c1-2-18-14(17)13-11(7-8-12(13)16)9-3-5-10(15)6-4-9/h3-6,11H,2,7-8,16H2,1H3/t11-/m1/s1. The molecule has 3 nitrogen and oxygen atoms in total. The van der Waals surface area contributed by atoms with Gasteiger partial charge in [-0.2, -0.15) is 0 Å². The maximum Gasteiger partial charge on any atom is 0.336 e. The molecule has 0 fully saturated rings. The van der Waals surface area contributed by atoms with E-state index < -0.39 is 0 Å². The monoisotopic (exact) mass is 265 g/mol. The van der Waals surface area contributed by atoms with E-state index in [1.54, 1.807) is 6.92 Å². The van der Waals surface area contributed by atoms with Gasteiger partial charge in [0.1, 0.15) is 0 Å². The van der Waals surface area contributed by atoms with Crippen molar-refractivity contribution >= 4 is 17.6 Å². The van der Waals surface area contributed by atoms with Gasteiger partial charge in [0.25, 0.3) is 0 Å². The smallest absolute Gasteiger partial charge is 0.336 e. The molecule has 2 rings (SSSR count). The molecule has 1 aliphatic carbocycles. The molecule has 4 heteroatoms. The summed E-state index contributed by atoms with van der Waals surface area (Å²) in [5.74, 6) is -0.270. The Balaban J connectivity index is 2.28. The third-order valence-corrected chi connectivity index (χ3v) is 3.42. The van der Waals surface area contributed by atoms with Gasteiger partial charge in [0, 0.05) is 16.6 Å². The fourth-order valence-electron chi connectivity index (χ4n) is 2.31. The van der Waals surface area contributed by atoms with E-state index in [0.29, 0.717) is 22.9 Å². The molecule has 0 aliphatic heterocycles. The van der Waals surface area contributed by atoms with E-state index in [4.69, 9.17) is 22.1 Å². The van der Waals surface area contributed by atoms with Crippen LogP contribution in [0.25, 0.3) is 0 Å². The first-order chi connectivity index (χ1) is 8.63. The minimum absolute atomic E-state index is 0.0290. The number of carbonyl (C=O) groups is 1. The molecule has 0 saturated carbocycles. The molecule has 1 aliphatic rings. The number of hydrogen-bond acceptors (Lipinski definition) is 3. The number of benzene rings is 1. The Morgan fingerprint density at radius 2 is 2.11 bits per heavy atom. The van der Waals surface area contributed by atoms with Crippen molar-refractivity contribution in [3.63, 3.8) is 0 Å². The van der Waals surface area contributed by atoms with Gasteiger partial charge in [0.15, 0.2) is 0 Å². The quantitative estimate of drug-likeness (QED) is 0.855. The lowest BCUT2D eigenvalue weighted by Gasteiger charge is -2.14. The summed E-state index contributed by atoms with van der Waals surface area (Å²) in [6.45, 7) is 2.16. The predicted octanol–water partition coefficient (Wildman–Crippen LogP) is 2.99. The Kier molecular flexibility index (Phi) is 3.92. The highest BCUT2D eigenvalue weighted by Crippen LogP contribution is 2.38. The molecule has 1 aromatic rings. The molecule has 0 radical (unpaired) electrons. The van der Waals surface area contributed by atoms with Gasteiger partial charge in [-0.05, 0) is 37.5 Å². The third-order valence-electron chi connectivity index (χ3n) is 3.16. The molecule has 96 valence electrons. The molecule has 0 unspecified atom stereocenters. The molecule has 0 aromatic heterocycles. The molecule has 0 heterocycles. The summed E-state index contributed by atoms with van der Waals surface area (Å²) in [4.78, 5) is 11.9. The summed E-state index contributed by atoms with van der Waals surface area (Å²) >= 11 is 5.87. The van der Waals surface area contributed by atoms with Gasteiger partial charge >= 0.3 is 5.97 Å². The van der Waals surface area contributed by atoms with Gasteiger partial charge in [0.2, 0.25) is 0 Å². The van der Waals surface area contributed by atoms with E-state index in [-0.39, 0.29) is 11.9 Å². The second kappa shape index (κ2) is 5.44. The average Bonchev–Trinajstić information content (AvgIpc) is 2.72. The van der Waals surface area contributed by atoms with Crippen LogP contribution in [-0.2, 0) is 9.53 Å². The Morgan fingerprint density at radius 1 is 1.44 bits per heavy atom. The zero-order valence-corrected chi connectivity index (χ0v) is 11.0. The average molecular weight is 266 g/mol. The minimum Gasteiger partial charge on any atom is -0.463 e. The molecule has 1 aromatic carbocycles. The first kappa shape index (κ1) is 13.0. The molecular weight excluding hydrogens is 250 g/mol. The topological polar surface area (TPSA) is 52.3 Å². The maximum absolute atomic E-state index is 11.9. The van der Waals surface area contributed by atoms with Crippen LogP contribution in [-0.4, -0.2) is 12.6 Å². The van der Waals surface area contributed by atoms with Crippen molar-refractivity contribution in [3.05, 3.63) is 46.1 Å². The number of ether oxygens (including phenoxy) is 1. The van der Waals surface area contributed by atoms with Crippen molar-refractivity contribution in [2.24, 2.45) is 5.73 Å². The molecule has 0 spiro atoms. The first-order valence-electron chi connectivity index (χ1n) is 6.04. The van der Waals surface area contributed by atoms with Gasteiger partial charge in [-0.25, -0.2) is 4.79 Å². The normalized spacial score (nSPS) is 19.1. The summed E-state index contributed by atoms with van der Waals surface area (Å²) in [6.07, 6.45) is 1.59. The highest BCUT2D eigenvalue weighted by atomic mass is 35.5. The van der Waals surface area contributed by atoms with Crippen molar-refractivity contribution in [2.45, 2.75) is 25.7 Å². The molecule has 1 atom stereocenters. The zero-order chi connectivity index (χ0) is 13.1. The first-order valence-corrected chi connectivity index (χ1v) is 6.42. The van der Waals surface area contributed by atoms with Crippen LogP contribution in [0.2, 0.25) is 5.02 Å². The lowest BCUT2D eigenvalue weighted by atomic mass is 9.92. The fraction of sp³-hybridized carbons (Fsp3) is 0.357. The van der Waals surface area contributed by atoms with Crippen LogP contribution in [0.5, 0.6) is 0 Å². The second-order valence-corrected chi connectivity index (χ2v) is 4.74. The molecule has 0 amide bonds. The van der Waals surface area contributed by atoms with Crippen LogP contribution in [0.4, 0.5) is 0 Å². The van der Waals surface area contributed by atoms with Crippen LogP contribution in [0.3, 0.4) is 0 Å². The molecule has 0 saturated heterocycles. The highest BCUT2D eigenvalue weighted by molar-refractivity contribution is 6.30. The molecular formula is C14H16ClNO2. The van der Waals surface area contributed by atoms with E-state index in [0.717, 1.165) is 18.4 Å². The third kappa shape index (κ3) is 2.51. The van der Waals surface area contributed by atoms with Crippen LogP contribution >= 0.6 is 11.6 Å². The number of esters is 1. The number of allylic oxidation sites excluding steroid dienone is 1. The maximum atomic E-state index is 11.9. The summed E-state index contributed by atoms with van der Waals surface area (Å²) in [7, 11) is 0. The van der Waals surface area contributed by atoms with Crippen molar-refractivity contribution in [2.75, 3.05) is 6.61 Å². The number of halogens is 1. The Morgan fingerprint density at radius 3 is 2.72 bits per heavy atom. The minimum atomic E-state index is -0.299. The Bertz CT molecular complexity index is 479. The SMILES string of the molecule is CCOC(=O)C1=C(N)CC[C@@H]1c1ccc(Cl)cc1. The second-order valence-electron chi connectivity index (χ2n) is 4.30. The van der Waals surface area contributed by atoms with E-state index in [2.05, 4.69) is 0 Å². The van der Waals surface area contributed by atoms with Crippen LogP contribution < -0.4 is 5.73 Å². The van der Waals surface area contributed by atoms with Crippen molar-refractivity contribution in [1.82, 2.24) is 0 Å². The van der Waals surface area contributed by atoms with Crippen molar-refractivity contribution in [1.29, 1.82) is 0 Å². The largest absolute Gasteiger partial charge is 0.463 e. The van der Waals surface area contributed by atoms with Gasteiger partial charge in [-0.1, -0.05) is 23.7 Å². The van der Waals surface area contributed by atoms with Crippen LogP contribution in [0.1, 0.15) is 31.2 Å². The lowest BCUT2D eigenvalue weighted by Crippen LogP contribution is -2.15. The Hall–Kier alpha value is -1.48. The van der Waals surface area contributed by atoms with Crippen molar-refractivity contribution < 1.29 is 9.53 Å². The van der Waals surface area contributed by atoms with Crippen LogP contribution in [0, 0.1) is 0 Å². The number of nitrogens with two attached hydrogens (primary N) is 1. The molecule has 18 heavy (non-hydrogen) atoms. The van der Waals surface area contributed by atoms with E-state index in [9.17, 15) is 4.79 Å².